The van der Waals surface area contributed by atoms with Crippen molar-refractivity contribution in [2.75, 3.05) is 43.1 Å². The van der Waals surface area contributed by atoms with Crippen LogP contribution in [0.2, 0.25) is 0 Å². The van der Waals surface area contributed by atoms with Crippen molar-refractivity contribution in [2.45, 2.75) is 57.4 Å². The number of rotatable bonds is 6. The van der Waals surface area contributed by atoms with Gasteiger partial charge in [0.15, 0.2) is 0 Å². The van der Waals surface area contributed by atoms with Crippen LogP contribution in [-0.4, -0.2) is 66.0 Å². The SMILES string of the molecule is Cc1ccc(NC(=O)N2CCC3(CC2)C(=O)N(CC(=O)NCC2CCCCC2)CN3c2ccccc2)cc1. The molecule has 8 heteroatoms. The zero-order valence-electron chi connectivity index (χ0n) is 22.3. The largest absolute Gasteiger partial charge is 0.354 e. The van der Waals surface area contributed by atoms with Gasteiger partial charge in [-0.2, -0.15) is 0 Å². The Bertz CT molecular complexity index is 1120. The van der Waals surface area contributed by atoms with Crippen molar-refractivity contribution in [1.82, 2.24) is 15.1 Å². The summed E-state index contributed by atoms with van der Waals surface area (Å²) in [7, 11) is 0. The Balaban J connectivity index is 1.25. The van der Waals surface area contributed by atoms with E-state index in [-0.39, 0.29) is 24.4 Å². The number of nitrogens with zero attached hydrogens (tertiary/aromatic N) is 3. The number of hydrogen-bond donors (Lipinski definition) is 2. The minimum atomic E-state index is -0.758. The first-order valence-electron chi connectivity index (χ1n) is 14.0. The first kappa shape index (κ1) is 26.1. The van der Waals surface area contributed by atoms with Gasteiger partial charge in [0.1, 0.15) is 12.1 Å². The Hall–Kier alpha value is -3.55. The van der Waals surface area contributed by atoms with Crippen LogP contribution in [0.5, 0.6) is 0 Å². The van der Waals surface area contributed by atoms with Crippen molar-refractivity contribution < 1.29 is 14.4 Å². The third-order valence-electron chi connectivity index (χ3n) is 8.41. The van der Waals surface area contributed by atoms with E-state index < -0.39 is 5.54 Å². The molecule has 38 heavy (non-hydrogen) atoms. The van der Waals surface area contributed by atoms with Crippen molar-refractivity contribution in [3.05, 3.63) is 60.2 Å². The predicted molar refractivity (Wildman–Crippen MR) is 149 cm³/mol. The molecule has 5 rings (SSSR count). The van der Waals surface area contributed by atoms with Crippen molar-refractivity contribution in [1.29, 1.82) is 0 Å². The summed E-state index contributed by atoms with van der Waals surface area (Å²) in [6.07, 6.45) is 7.13. The lowest BCUT2D eigenvalue weighted by molar-refractivity contribution is -0.137. The van der Waals surface area contributed by atoms with E-state index in [0.717, 1.165) is 16.9 Å². The topological polar surface area (TPSA) is 85.0 Å². The van der Waals surface area contributed by atoms with Crippen molar-refractivity contribution in [2.24, 2.45) is 5.92 Å². The highest BCUT2D eigenvalue weighted by Crippen LogP contribution is 2.39. The van der Waals surface area contributed by atoms with E-state index in [2.05, 4.69) is 15.5 Å². The van der Waals surface area contributed by atoms with Crippen molar-refractivity contribution in [3.8, 4) is 0 Å². The normalized spacial score (nSPS) is 19.6. The number of aryl methyl sites for hydroxylation is 1. The average molecular weight is 518 g/mol. The number of urea groups is 1. The second kappa shape index (κ2) is 11.5. The molecule has 0 radical (unpaired) electrons. The molecule has 2 aliphatic heterocycles. The molecule has 2 aromatic carbocycles. The molecule has 2 saturated heterocycles. The van der Waals surface area contributed by atoms with Crippen molar-refractivity contribution in [3.63, 3.8) is 0 Å². The van der Waals surface area contributed by atoms with Crippen LogP contribution < -0.4 is 15.5 Å². The fraction of sp³-hybridized carbons (Fsp3) is 0.500. The number of carbonyl (C=O) groups is 3. The second-order valence-corrected chi connectivity index (χ2v) is 11.0. The summed E-state index contributed by atoms with van der Waals surface area (Å²) in [5.74, 6) is 0.432. The van der Waals surface area contributed by atoms with Gasteiger partial charge in [-0.05, 0) is 62.8 Å². The maximum atomic E-state index is 13.9. The molecule has 1 aliphatic carbocycles. The highest BCUT2D eigenvalue weighted by atomic mass is 16.2. The van der Waals surface area contributed by atoms with Gasteiger partial charge in [0, 0.05) is 31.0 Å². The molecule has 8 nitrogen and oxygen atoms in total. The molecule has 0 aromatic heterocycles. The van der Waals surface area contributed by atoms with E-state index in [1.165, 1.54) is 32.1 Å². The number of carbonyl (C=O) groups excluding carboxylic acids is 3. The van der Waals surface area contributed by atoms with Crippen LogP contribution in [0.4, 0.5) is 16.2 Å². The zero-order chi connectivity index (χ0) is 26.5. The van der Waals surface area contributed by atoms with Crippen LogP contribution >= 0.6 is 0 Å². The number of nitrogens with one attached hydrogen (secondary N) is 2. The summed E-state index contributed by atoms with van der Waals surface area (Å²) in [6, 6.07) is 17.5. The van der Waals surface area contributed by atoms with Gasteiger partial charge >= 0.3 is 6.03 Å². The third kappa shape index (κ3) is 5.64. The van der Waals surface area contributed by atoms with Gasteiger partial charge in [-0.25, -0.2) is 4.79 Å². The van der Waals surface area contributed by atoms with Crippen LogP contribution in [0.15, 0.2) is 54.6 Å². The number of likely N-dealkylation sites (tertiary alicyclic amines) is 1. The van der Waals surface area contributed by atoms with Gasteiger partial charge in [0.05, 0.1) is 6.67 Å². The van der Waals surface area contributed by atoms with Crippen LogP contribution in [-0.2, 0) is 9.59 Å². The number of piperidine rings is 1. The highest BCUT2D eigenvalue weighted by Gasteiger charge is 2.54. The van der Waals surface area contributed by atoms with E-state index in [4.69, 9.17) is 0 Å². The standard InChI is InChI=1S/C30H39N5O3/c1-23-12-14-25(15-13-23)32-29(38)33-18-16-30(17-19-33)28(37)34(22-35(30)26-10-6-3-7-11-26)21-27(36)31-20-24-8-4-2-5-9-24/h3,6-7,10-15,24H,2,4-5,8-9,16-22H2,1H3,(H,31,36)(H,32,38). The summed E-state index contributed by atoms with van der Waals surface area (Å²) < 4.78 is 0. The summed E-state index contributed by atoms with van der Waals surface area (Å²) in [5.41, 5.74) is 2.10. The Labute approximate surface area is 225 Å². The monoisotopic (exact) mass is 517 g/mol. The zero-order valence-corrected chi connectivity index (χ0v) is 22.3. The quantitative estimate of drug-likeness (QED) is 0.596. The maximum absolute atomic E-state index is 13.9. The Morgan fingerprint density at radius 1 is 0.947 bits per heavy atom. The molecule has 0 bridgehead atoms. The Morgan fingerprint density at radius 3 is 2.32 bits per heavy atom. The van der Waals surface area contributed by atoms with Gasteiger partial charge in [0.2, 0.25) is 5.91 Å². The fourth-order valence-electron chi connectivity index (χ4n) is 6.12. The molecular weight excluding hydrogens is 478 g/mol. The van der Waals surface area contributed by atoms with E-state index >= 15 is 0 Å². The summed E-state index contributed by atoms with van der Waals surface area (Å²) in [5, 5.41) is 6.05. The molecule has 2 aromatic rings. The molecular formula is C30H39N5O3. The Morgan fingerprint density at radius 2 is 1.63 bits per heavy atom. The number of anilines is 2. The first-order valence-corrected chi connectivity index (χ1v) is 14.0. The maximum Gasteiger partial charge on any atom is 0.321 e. The number of para-hydroxylation sites is 1. The smallest absolute Gasteiger partial charge is 0.321 e. The van der Waals surface area contributed by atoms with Gasteiger partial charge < -0.3 is 25.3 Å². The highest BCUT2D eigenvalue weighted by molar-refractivity contribution is 5.97. The van der Waals surface area contributed by atoms with E-state index in [0.29, 0.717) is 45.1 Å². The summed E-state index contributed by atoms with van der Waals surface area (Å²) in [4.78, 5) is 45.3. The van der Waals surface area contributed by atoms with E-state index in [9.17, 15) is 14.4 Å². The van der Waals surface area contributed by atoms with Gasteiger partial charge in [-0.1, -0.05) is 55.2 Å². The van der Waals surface area contributed by atoms with Crippen LogP contribution in [0.3, 0.4) is 0 Å². The molecule has 4 amide bonds. The van der Waals surface area contributed by atoms with E-state index in [1.54, 1.807) is 9.80 Å². The number of hydrogen-bond acceptors (Lipinski definition) is 4. The first-order chi connectivity index (χ1) is 18.4. The minimum absolute atomic E-state index is 0.0206. The van der Waals surface area contributed by atoms with Gasteiger partial charge in [-0.3, -0.25) is 9.59 Å². The fourth-order valence-corrected chi connectivity index (χ4v) is 6.12. The average Bonchev–Trinajstić information content (AvgIpc) is 3.20. The molecule has 1 spiro atoms. The van der Waals surface area contributed by atoms with Gasteiger partial charge in [0.25, 0.3) is 5.91 Å². The van der Waals surface area contributed by atoms with Crippen LogP contribution in [0.25, 0.3) is 0 Å². The molecule has 2 N–H and O–H groups in total. The lowest BCUT2D eigenvalue weighted by Crippen LogP contribution is -2.58. The molecule has 0 unspecified atom stereocenters. The summed E-state index contributed by atoms with van der Waals surface area (Å²) >= 11 is 0. The predicted octanol–water partition coefficient (Wildman–Crippen LogP) is 4.36. The number of amides is 4. The molecule has 2 heterocycles. The lowest BCUT2D eigenvalue weighted by atomic mass is 9.85. The van der Waals surface area contributed by atoms with E-state index in [1.807, 2.05) is 61.5 Å². The molecule has 3 aliphatic rings. The van der Waals surface area contributed by atoms with Gasteiger partial charge in [-0.15, -0.1) is 0 Å². The van der Waals surface area contributed by atoms with Crippen LogP contribution in [0.1, 0.15) is 50.5 Å². The third-order valence-corrected chi connectivity index (χ3v) is 8.41. The van der Waals surface area contributed by atoms with Crippen molar-refractivity contribution >= 4 is 29.2 Å². The minimum Gasteiger partial charge on any atom is -0.354 e. The molecule has 0 atom stereocenters. The molecule has 3 fully saturated rings. The molecule has 1 saturated carbocycles. The summed E-state index contributed by atoms with van der Waals surface area (Å²) in [6.45, 7) is 4.07. The number of benzene rings is 2. The lowest BCUT2D eigenvalue weighted by Gasteiger charge is -2.43. The Kier molecular flexibility index (Phi) is 7.86. The second-order valence-electron chi connectivity index (χ2n) is 11.0. The van der Waals surface area contributed by atoms with Crippen LogP contribution in [0, 0.1) is 12.8 Å². The molecule has 202 valence electrons.